The van der Waals surface area contributed by atoms with Crippen molar-refractivity contribution in [3.8, 4) is 0 Å². The van der Waals surface area contributed by atoms with Gasteiger partial charge in [0, 0.05) is 19.4 Å². The molecule has 0 aromatic heterocycles. The summed E-state index contributed by atoms with van der Waals surface area (Å²) in [4.78, 5) is 32.4. The second-order valence-electron chi connectivity index (χ2n) is 6.20. The quantitative estimate of drug-likeness (QED) is 0.189. The van der Waals surface area contributed by atoms with E-state index in [0.717, 1.165) is 38.5 Å². The van der Waals surface area contributed by atoms with E-state index in [-0.39, 0.29) is 32.1 Å². The largest absolute Gasteiger partial charge is 0.472 e. The molecule has 0 aromatic carbocycles. The zero-order valence-corrected chi connectivity index (χ0v) is 17.2. The second kappa shape index (κ2) is 16.0. The SMILES string of the molecule is CCCCCC(=O)NCCOP(=O)(O)OCC(O)COC(=O)CCCCC. The van der Waals surface area contributed by atoms with Crippen LogP contribution in [-0.2, 0) is 27.9 Å². The van der Waals surface area contributed by atoms with Crippen LogP contribution in [0.3, 0.4) is 0 Å². The number of ether oxygens (including phenoxy) is 1. The first-order chi connectivity index (χ1) is 12.8. The highest BCUT2D eigenvalue weighted by molar-refractivity contribution is 7.47. The Morgan fingerprint density at radius 2 is 1.63 bits per heavy atom. The van der Waals surface area contributed by atoms with Crippen LogP contribution >= 0.6 is 7.82 Å². The number of phosphoric acid groups is 1. The van der Waals surface area contributed by atoms with E-state index in [4.69, 9.17) is 9.26 Å². The van der Waals surface area contributed by atoms with Crippen molar-refractivity contribution in [3.05, 3.63) is 0 Å². The lowest BCUT2D eigenvalue weighted by Crippen LogP contribution is -2.27. The minimum Gasteiger partial charge on any atom is -0.463 e. The van der Waals surface area contributed by atoms with Crippen molar-refractivity contribution < 1.29 is 37.9 Å². The van der Waals surface area contributed by atoms with E-state index in [0.29, 0.717) is 6.42 Å². The molecule has 160 valence electrons. The number of amides is 1. The van der Waals surface area contributed by atoms with Crippen molar-refractivity contribution in [2.24, 2.45) is 0 Å². The molecule has 0 aliphatic heterocycles. The number of carbonyl (C=O) groups excluding carboxylic acids is 2. The van der Waals surface area contributed by atoms with Gasteiger partial charge in [0.15, 0.2) is 0 Å². The summed E-state index contributed by atoms with van der Waals surface area (Å²) in [5.41, 5.74) is 0. The maximum Gasteiger partial charge on any atom is 0.472 e. The lowest BCUT2D eigenvalue weighted by molar-refractivity contribution is -0.147. The van der Waals surface area contributed by atoms with Gasteiger partial charge in [-0.2, -0.15) is 0 Å². The maximum atomic E-state index is 11.7. The van der Waals surface area contributed by atoms with Gasteiger partial charge in [0.05, 0.1) is 13.2 Å². The smallest absolute Gasteiger partial charge is 0.463 e. The van der Waals surface area contributed by atoms with Gasteiger partial charge in [0.1, 0.15) is 12.7 Å². The molecule has 9 nitrogen and oxygen atoms in total. The highest BCUT2D eigenvalue weighted by Gasteiger charge is 2.23. The van der Waals surface area contributed by atoms with Crippen molar-refractivity contribution in [2.45, 2.75) is 71.3 Å². The fourth-order valence-electron chi connectivity index (χ4n) is 2.02. The van der Waals surface area contributed by atoms with Crippen molar-refractivity contribution in [1.29, 1.82) is 0 Å². The molecule has 3 N–H and O–H groups in total. The summed E-state index contributed by atoms with van der Waals surface area (Å²) in [7, 11) is -4.35. The number of carbonyl (C=O) groups is 2. The second-order valence-corrected chi connectivity index (χ2v) is 7.65. The van der Waals surface area contributed by atoms with Gasteiger partial charge < -0.3 is 20.1 Å². The van der Waals surface area contributed by atoms with Gasteiger partial charge >= 0.3 is 13.8 Å². The summed E-state index contributed by atoms with van der Waals surface area (Å²) < 4.78 is 25.9. The topological polar surface area (TPSA) is 131 Å². The number of esters is 1. The van der Waals surface area contributed by atoms with Crippen LogP contribution in [-0.4, -0.2) is 54.3 Å². The molecule has 0 bridgehead atoms. The first kappa shape index (κ1) is 26.0. The van der Waals surface area contributed by atoms with Crippen LogP contribution in [0, 0.1) is 0 Å². The van der Waals surface area contributed by atoms with E-state index in [2.05, 4.69) is 9.84 Å². The molecule has 27 heavy (non-hydrogen) atoms. The number of unbranched alkanes of at least 4 members (excludes halogenated alkanes) is 4. The third-order valence-electron chi connectivity index (χ3n) is 3.54. The van der Waals surface area contributed by atoms with Crippen molar-refractivity contribution in [1.82, 2.24) is 5.32 Å². The summed E-state index contributed by atoms with van der Waals surface area (Å²) in [6.45, 7) is 3.10. The Bertz CT molecular complexity index is 460. The third kappa shape index (κ3) is 16.9. The lowest BCUT2D eigenvalue weighted by Gasteiger charge is -2.15. The third-order valence-corrected chi connectivity index (χ3v) is 4.52. The molecule has 0 radical (unpaired) electrons. The Kier molecular flexibility index (Phi) is 15.4. The van der Waals surface area contributed by atoms with Gasteiger partial charge in [0.25, 0.3) is 0 Å². The molecular formula is C17H34NO8P. The normalized spacial score (nSPS) is 14.4. The summed E-state index contributed by atoms with van der Waals surface area (Å²) in [6.07, 6.45) is 4.86. The minimum absolute atomic E-state index is 0.0802. The summed E-state index contributed by atoms with van der Waals surface area (Å²) in [6, 6.07) is 0. The zero-order chi connectivity index (χ0) is 20.5. The summed E-state index contributed by atoms with van der Waals surface area (Å²) >= 11 is 0. The highest BCUT2D eigenvalue weighted by Crippen LogP contribution is 2.42. The average molecular weight is 411 g/mol. The molecule has 2 unspecified atom stereocenters. The van der Waals surface area contributed by atoms with E-state index >= 15 is 0 Å². The van der Waals surface area contributed by atoms with Crippen LogP contribution < -0.4 is 5.32 Å². The molecule has 2 atom stereocenters. The molecule has 0 aliphatic rings. The number of phosphoric ester groups is 1. The molecule has 0 aliphatic carbocycles. The first-order valence-electron chi connectivity index (χ1n) is 9.53. The molecule has 0 fully saturated rings. The van der Waals surface area contributed by atoms with Crippen LogP contribution in [0.25, 0.3) is 0 Å². The first-order valence-corrected chi connectivity index (χ1v) is 11.0. The molecule has 0 aromatic rings. The van der Waals surface area contributed by atoms with E-state index < -0.39 is 26.5 Å². The van der Waals surface area contributed by atoms with Crippen molar-refractivity contribution in [2.75, 3.05) is 26.4 Å². The van der Waals surface area contributed by atoms with Gasteiger partial charge in [-0.1, -0.05) is 39.5 Å². The van der Waals surface area contributed by atoms with Gasteiger partial charge in [-0.15, -0.1) is 0 Å². The molecule has 0 spiro atoms. The summed E-state index contributed by atoms with van der Waals surface area (Å²) in [5.74, 6) is -0.572. The molecule has 0 saturated carbocycles. The Hall–Kier alpha value is -0.990. The van der Waals surface area contributed by atoms with Crippen molar-refractivity contribution in [3.63, 3.8) is 0 Å². The number of aliphatic hydroxyl groups excluding tert-OH is 1. The fraction of sp³-hybridized carbons (Fsp3) is 0.882. The Labute approximate surface area is 161 Å². The molecule has 0 heterocycles. The number of aliphatic hydroxyl groups is 1. The van der Waals surface area contributed by atoms with Gasteiger partial charge in [-0.3, -0.25) is 18.6 Å². The molecule has 1 amide bonds. The molecule has 0 rings (SSSR count). The highest BCUT2D eigenvalue weighted by atomic mass is 31.2. The van der Waals surface area contributed by atoms with Crippen LogP contribution in [0.1, 0.15) is 65.2 Å². The standard InChI is InChI=1S/C17H34NO8P/c1-3-5-7-9-16(20)18-11-12-25-27(22,23)26-14-15(19)13-24-17(21)10-8-6-4-2/h15,19H,3-14H2,1-2H3,(H,18,20)(H,22,23). The van der Waals surface area contributed by atoms with Gasteiger partial charge in [-0.05, 0) is 12.8 Å². The Balaban J connectivity index is 3.81. The molecule has 0 saturated heterocycles. The van der Waals surface area contributed by atoms with Crippen LogP contribution in [0.2, 0.25) is 0 Å². The van der Waals surface area contributed by atoms with Gasteiger partial charge in [-0.25, -0.2) is 4.57 Å². The Morgan fingerprint density at radius 3 is 2.26 bits per heavy atom. The number of rotatable bonds is 17. The zero-order valence-electron chi connectivity index (χ0n) is 16.4. The maximum absolute atomic E-state index is 11.7. The minimum atomic E-state index is -4.35. The molecular weight excluding hydrogens is 377 g/mol. The van der Waals surface area contributed by atoms with E-state index in [1.165, 1.54) is 0 Å². The van der Waals surface area contributed by atoms with Crippen LogP contribution in [0.15, 0.2) is 0 Å². The average Bonchev–Trinajstić information content (AvgIpc) is 2.62. The number of hydrogen-bond acceptors (Lipinski definition) is 7. The number of nitrogens with one attached hydrogen (secondary N) is 1. The van der Waals surface area contributed by atoms with E-state index in [1.807, 2.05) is 13.8 Å². The monoisotopic (exact) mass is 411 g/mol. The number of hydrogen-bond donors (Lipinski definition) is 3. The lowest BCUT2D eigenvalue weighted by atomic mass is 10.2. The summed E-state index contributed by atoms with van der Waals surface area (Å²) in [5, 5.41) is 12.2. The van der Waals surface area contributed by atoms with E-state index in [9.17, 15) is 24.2 Å². The van der Waals surface area contributed by atoms with Gasteiger partial charge in [0.2, 0.25) is 5.91 Å². The van der Waals surface area contributed by atoms with Crippen LogP contribution in [0.5, 0.6) is 0 Å². The van der Waals surface area contributed by atoms with Crippen molar-refractivity contribution >= 4 is 19.7 Å². The fourth-order valence-corrected chi connectivity index (χ4v) is 2.78. The van der Waals surface area contributed by atoms with Crippen LogP contribution in [0.4, 0.5) is 0 Å². The predicted molar refractivity (Wildman–Crippen MR) is 100.0 cm³/mol. The van der Waals surface area contributed by atoms with E-state index in [1.54, 1.807) is 0 Å². The predicted octanol–water partition coefficient (Wildman–Crippen LogP) is 2.30. The Morgan fingerprint density at radius 1 is 1.00 bits per heavy atom. The molecule has 10 heteroatoms.